The average molecular weight is 292 g/mol. The van der Waals surface area contributed by atoms with Crippen molar-refractivity contribution in [1.29, 1.82) is 5.26 Å². The second-order valence-electron chi connectivity index (χ2n) is 5.60. The van der Waals surface area contributed by atoms with Crippen LogP contribution in [-0.2, 0) is 9.84 Å². The topological polar surface area (TPSA) is 70.0 Å². The Labute approximate surface area is 120 Å². The number of nitrogens with one attached hydrogen (secondary N) is 1. The van der Waals surface area contributed by atoms with Crippen LogP contribution in [0.2, 0.25) is 0 Å². The Morgan fingerprint density at radius 3 is 2.75 bits per heavy atom. The number of aryl methyl sites for hydroxylation is 1. The molecular weight excluding hydrogens is 272 g/mol. The van der Waals surface area contributed by atoms with Crippen LogP contribution in [0, 0.1) is 18.3 Å². The highest BCUT2D eigenvalue weighted by Gasteiger charge is 2.28. The molecular formula is C15H20N2O2S. The standard InChI is InChI=1S/C15H20N2O2S/c1-11-6-7-12(10-16)8-15(11)17-13-4-3-5-14(9-13)20(2,18)19/h6-8,13-14,17H,3-5,9H2,1-2H3. The Morgan fingerprint density at radius 2 is 2.10 bits per heavy atom. The highest BCUT2D eigenvalue weighted by molar-refractivity contribution is 7.91. The van der Waals surface area contributed by atoms with Crippen molar-refractivity contribution in [2.45, 2.75) is 43.9 Å². The first kappa shape index (κ1) is 14.9. The van der Waals surface area contributed by atoms with Gasteiger partial charge in [0, 0.05) is 18.0 Å². The molecule has 0 aliphatic heterocycles. The van der Waals surface area contributed by atoms with Gasteiger partial charge in [-0.2, -0.15) is 5.26 Å². The normalized spacial score (nSPS) is 23.1. The van der Waals surface area contributed by atoms with Crippen molar-refractivity contribution in [1.82, 2.24) is 0 Å². The minimum atomic E-state index is -2.97. The molecule has 1 aromatic carbocycles. The van der Waals surface area contributed by atoms with Crippen molar-refractivity contribution in [3.8, 4) is 6.07 Å². The van der Waals surface area contributed by atoms with Crippen LogP contribution in [0.1, 0.15) is 36.8 Å². The van der Waals surface area contributed by atoms with Crippen LogP contribution in [-0.4, -0.2) is 26.0 Å². The maximum absolute atomic E-state index is 11.7. The predicted molar refractivity (Wildman–Crippen MR) is 80.4 cm³/mol. The lowest BCUT2D eigenvalue weighted by Gasteiger charge is -2.30. The van der Waals surface area contributed by atoms with E-state index in [1.807, 2.05) is 19.1 Å². The molecule has 20 heavy (non-hydrogen) atoms. The molecule has 1 fully saturated rings. The van der Waals surface area contributed by atoms with Crippen LogP contribution in [0.15, 0.2) is 18.2 Å². The molecule has 108 valence electrons. The maximum atomic E-state index is 11.7. The highest BCUT2D eigenvalue weighted by atomic mass is 32.2. The monoisotopic (exact) mass is 292 g/mol. The fraction of sp³-hybridized carbons (Fsp3) is 0.533. The fourth-order valence-corrected chi connectivity index (χ4v) is 3.91. The van der Waals surface area contributed by atoms with E-state index in [-0.39, 0.29) is 11.3 Å². The molecule has 0 radical (unpaired) electrons. The summed E-state index contributed by atoms with van der Waals surface area (Å²) in [5.41, 5.74) is 2.63. The first-order valence-electron chi connectivity index (χ1n) is 6.86. The molecule has 1 aliphatic rings. The summed E-state index contributed by atoms with van der Waals surface area (Å²) in [5, 5.41) is 12.1. The van der Waals surface area contributed by atoms with Crippen LogP contribution in [0.5, 0.6) is 0 Å². The second kappa shape index (κ2) is 5.84. The molecule has 4 nitrogen and oxygen atoms in total. The molecule has 0 bridgehead atoms. The first-order chi connectivity index (χ1) is 9.40. The van der Waals surface area contributed by atoms with Crippen molar-refractivity contribution in [3.63, 3.8) is 0 Å². The molecule has 0 heterocycles. The number of anilines is 1. The molecule has 5 heteroatoms. The summed E-state index contributed by atoms with van der Waals surface area (Å²) < 4.78 is 23.4. The Bertz CT molecular complexity index is 632. The third-order valence-electron chi connectivity index (χ3n) is 3.96. The van der Waals surface area contributed by atoms with Gasteiger partial charge in [-0.15, -0.1) is 0 Å². The summed E-state index contributed by atoms with van der Waals surface area (Å²) in [6.07, 6.45) is 4.62. The van der Waals surface area contributed by atoms with Crippen molar-refractivity contribution in [3.05, 3.63) is 29.3 Å². The molecule has 1 N–H and O–H groups in total. The van der Waals surface area contributed by atoms with Gasteiger partial charge in [0.25, 0.3) is 0 Å². The Morgan fingerprint density at radius 1 is 1.35 bits per heavy atom. The Kier molecular flexibility index (Phi) is 4.34. The van der Waals surface area contributed by atoms with E-state index in [9.17, 15) is 8.42 Å². The van der Waals surface area contributed by atoms with Gasteiger partial charge in [-0.1, -0.05) is 12.5 Å². The summed E-state index contributed by atoms with van der Waals surface area (Å²) in [7, 11) is -2.97. The van der Waals surface area contributed by atoms with Crippen LogP contribution in [0.25, 0.3) is 0 Å². The van der Waals surface area contributed by atoms with Crippen LogP contribution in [0.3, 0.4) is 0 Å². The lowest BCUT2D eigenvalue weighted by Crippen LogP contribution is -2.34. The predicted octanol–water partition coefficient (Wildman–Crippen LogP) is 2.63. The third-order valence-corrected chi connectivity index (χ3v) is 5.60. The van der Waals surface area contributed by atoms with E-state index in [1.165, 1.54) is 6.26 Å². The minimum absolute atomic E-state index is 0.163. The van der Waals surface area contributed by atoms with Gasteiger partial charge in [0.1, 0.15) is 9.84 Å². The van der Waals surface area contributed by atoms with Crippen LogP contribution >= 0.6 is 0 Å². The zero-order valence-electron chi connectivity index (χ0n) is 11.9. The lowest BCUT2D eigenvalue weighted by atomic mass is 9.94. The Balaban J connectivity index is 2.12. The van der Waals surface area contributed by atoms with E-state index in [4.69, 9.17) is 5.26 Å². The van der Waals surface area contributed by atoms with Crippen LogP contribution in [0.4, 0.5) is 5.69 Å². The molecule has 0 aromatic heterocycles. The SMILES string of the molecule is Cc1ccc(C#N)cc1NC1CCCC(S(C)(=O)=O)C1. The zero-order valence-corrected chi connectivity index (χ0v) is 12.7. The van der Waals surface area contributed by atoms with Crippen LogP contribution < -0.4 is 5.32 Å². The van der Waals surface area contributed by atoms with Gasteiger partial charge in [-0.05, 0) is 43.9 Å². The van der Waals surface area contributed by atoms with Gasteiger partial charge in [-0.3, -0.25) is 0 Å². The quantitative estimate of drug-likeness (QED) is 0.929. The number of sulfone groups is 1. The third kappa shape index (κ3) is 3.51. The van der Waals surface area contributed by atoms with E-state index in [0.717, 1.165) is 30.5 Å². The zero-order chi connectivity index (χ0) is 14.8. The van der Waals surface area contributed by atoms with E-state index in [2.05, 4.69) is 11.4 Å². The summed E-state index contributed by atoms with van der Waals surface area (Å²) >= 11 is 0. The number of hydrogen-bond acceptors (Lipinski definition) is 4. The Hall–Kier alpha value is -1.54. The van der Waals surface area contributed by atoms with Crippen molar-refractivity contribution >= 4 is 15.5 Å². The first-order valence-corrected chi connectivity index (χ1v) is 8.82. The molecule has 0 saturated heterocycles. The lowest BCUT2D eigenvalue weighted by molar-refractivity contribution is 0.453. The minimum Gasteiger partial charge on any atom is -0.382 e. The number of nitriles is 1. The van der Waals surface area contributed by atoms with Gasteiger partial charge in [0.15, 0.2) is 0 Å². The van der Waals surface area contributed by atoms with Crippen molar-refractivity contribution < 1.29 is 8.42 Å². The molecule has 1 aromatic rings. The molecule has 1 saturated carbocycles. The van der Waals surface area contributed by atoms with E-state index in [0.29, 0.717) is 12.0 Å². The highest BCUT2D eigenvalue weighted by Crippen LogP contribution is 2.27. The molecule has 0 spiro atoms. The largest absolute Gasteiger partial charge is 0.382 e. The van der Waals surface area contributed by atoms with E-state index in [1.54, 1.807) is 6.07 Å². The van der Waals surface area contributed by atoms with E-state index >= 15 is 0 Å². The second-order valence-corrected chi connectivity index (χ2v) is 7.93. The molecule has 2 unspecified atom stereocenters. The van der Waals surface area contributed by atoms with Gasteiger partial charge in [0.2, 0.25) is 0 Å². The average Bonchev–Trinajstić information content (AvgIpc) is 2.41. The number of hydrogen-bond donors (Lipinski definition) is 1. The molecule has 2 atom stereocenters. The van der Waals surface area contributed by atoms with Crippen molar-refractivity contribution in [2.24, 2.45) is 0 Å². The van der Waals surface area contributed by atoms with E-state index < -0.39 is 9.84 Å². The summed E-state index contributed by atoms with van der Waals surface area (Å²) in [4.78, 5) is 0. The van der Waals surface area contributed by atoms with Gasteiger partial charge < -0.3 is 5.32 Å². The molecule has 1 aliphatic carbocycles. The fourth-order valence-electron chi connectivity index (χ4n) is 2.73. The number of nitrogens with zero attached hydrogens (tertiary/aromatic N) is 1. The van der Waals surface area contributed by atoms with Gasteiger partial charge >= 0.3 is 0 Å². The molecule has 2 rings (SSSR count). The summed E-state index contributed by atoms with van der Waals surface area (Å²) in [6.45, 7) is 1.99. The number of rotatable bonds is 3. The maximum Gasteiger partial charge on any atom is 0.150 e. The van der Waals surface area contributed by atoms with Gasteiger partial charge in [-0.25, -0.2) is 8.42 Å². The van der Waals surface area contributed by atoms with Gasteiger partial charge in [0.05, 0.1) is 16.9 Å². The number of benzene rings is 1. The molecule has 0 amide bonds. The van der Waals surface area contributed by atoms with Crippen molar-refractivity contribution in [2.75, 3.05) is 11.6 Å². The summed E-state index contributed by atoms with van der Waals surface area (Å²) in [5.74, 6) is 0. The summed E-state index contributed by atoms with van der Waals surface area (Å²) in [6, 6.07) is 7.83. The smallest absolute Gasteiger partial charge is 0.150 e.